The summed E-state index contributed by atoms with van der Waals surface area (Å²) in [7, 11) is 0. The highest BCUT2D eigenvalue weighted by atomic mass is 16.5. The van der Waals surface area contributed by atoms with E-state index in [-0.39, 0.29) is 0 Å². The molecule has 1 saturated heterocycles. The van der Waals surface area contributed by atoms with Crippen LogP contribution < -0.4 is 10.6 Å². The summed E-state index contributed by atoms with van der Waals surface area (Å²) in [6, 6.07) is 16.4. The Morgan fingerprint density at radius 2 is 1.90 bits per heavy atom. The number of nitrogens with two attached hydrogens (primary N) is 1. The fraction of sp³-hybridized carbons (Fsp3) is 0.261. The summed E-state index contributed by atoms with van der Waals surface area (Å²) in [5, 5.41) is 7.01. The monoisotopic (exact) mass is 401 g/mol. The van der Waals surface area contributed by atoms with Crippen LogP contribution in [-0.2, 0) is 11.2 Å². The summed E-state index contributed by atoms with van der Waals surface area (Å²) in [6.45, 7) is 4.69. The second-order valence-electron chi connectivity index (χ2n) is 7.58. The molecule has 0 atom stereocenters. The fourth-order valence-corrected chi connectivity index (χ4v) is 4.13. The van der Waals surface area contributed by atoms with Crippen LogP contribution in [0.15, 0.2) is 48.5 Å². The van der Waals surface area contributed by atoms with E-state index in [9.17, 15) is 4.79 Å². The highest BCUT2D eigenvalue weighted by Crippen LogP contribution is 2.26. The Labute approximate surface area is 174 Å². The van der Waals surface area contributed by atoms with Crippen LogP contribution in [0, 0.1) is 6.92 Å². The van der Waals surface area contributed by atoms with Crippen LogP contribution in [-0.4, -0.2) is 46.8 Å². The zero-order valence-corrected chi connectivity index (χ0v) is 16.8. The Balaban J connectivity index is 1.67. The lowest BCUT2D eigenvalue weighted by molar-refractivity contribution is 0.0993. The smallest absolute Gasteiger partial charge is 0.267 e. The van der Waals surface area contributed by atoms with Crippen molar-refractivity contribution in [3.63, 3.8) is 0 Å². The number of nitrogens with zero attached hydrogens (tertiary/aromatic N) is 4. The van der Waals surface area contributed by atoms with Crippen molar-refractivity contribution in [2.75, 3.05) is 31.2 Å². The molecule has 0 saturated carbocycles. The lowest BCUT2D eigenvalue weighted by Gasteiger charge is -2.28. The van der Waals surface area contributed by atoms with E-state index in [1.165, 1.54) is 16.3 Å². The lowest BCUT2D eigenvalue weighted by atomic mass is 9.98. The highest BCUT2D eigenvalue weighted by Gasteiger charge is 2.21. The molecule has 1 amide bonds. The molecule has 0 spiro atoms. The normalized spacial score (nSPS) is 14.5. The molecular formula is C23H23N5O2. The number of ether oxygens (including phenoxy) is 1. The van der Waals surface area contributed by atoms with E-state index < -0.39 is 5.91 Å². The van der Waals surface area contributed by atoms with Gasteiger partial charge in [-0.3, -0.25) is 4.79 Å². The van der Waals surface area contributed by atoms with E-state index in [1.807, 2.05) is 13.0 Å². The molecule has 2 aromatic heterocycles. The van der Waals surface area contributed by atoms with Crippen molar-refractivity contribution in [1.29, 1.82) is 0 Å². The molecule has 2 aromatic carbocycles. The molecule has 5 rings (SSSR count). The van der Waals surface area contributed by atoms with Gasteiger partial charge in [-0.25, -0.2) is 9.50 Å². The van der Waals surface area contributed by atoms with Crippen LogP contribution in [0.3, 0.4) is 0 Å². The number of rotatable bonds is 4. The average molecular weight is 401 g/mol. The summed E-state index contributed by atoms with van der Waals surface area (Å²) < 4.78 is 7.04. The van der Waals surface area contributed by atoms with E-state index in [1.54, 1.807) is 10.6 Å². The fourth-order valence-electron chi connectivity index (χ4n) is 4.13. The second-order valence-corrected chi connectivity index (χ2v) is 7.58. The van der Waals surface area contributed by atoms with Crippen LogP contribution in [0.1, 0.15) is 27.3 Å². The number of anilines is 1. The molecule has 0 radical (unpaired) electrons. The van der Waals surface area contributed by atoms with Gasteiger partial charge < -0.3 is 15.4 Å². The van der Waals surface area contributed by atoms with Gasteiger partial charge in [-0.1, -0.05) is 42.5 Å². The Bertz CT molecular complexity index is 1250. The topological polar surface area (TPSA) is 85.8 Å². The molecule has 0 aliphatic carbocycles. The van der Waals surface area contributed by atoms with E-state index in [4.69, 9.17) is 15.5 Å². The predicted octanol–water partition coefficient (Wildman–Crippen LogP) is 2.72. The largest absolute Gasteiger partial charge is 0.378 e. The van der Waals surface area contributed by atoms with Gasteiger partial charge in [-0.2, -0.15) is 5.10 Å². The van der Waals surface area contributed by atoms with Gasteiger partial charge in [0, 0.05) is 31.1 Å². The van der Waals surface area contributed by atoms with E-state index in [0.29, 0.717) is 31.0 Å². The SMILES string of the molecule is Cc1nn2c(C(N)=O)cc(N3CCOCC3)nc2c1Cc1cccc2ccccc12. The van der Waals surface area contributed by atoms with Crippen molar-refractivity contribution in [3.05, 3.63) is 71.0 Å². The van der Waals surface area contributed by atoms with Crippen molar-refractivity contribution in [1.82, 2.24) is 14.6 Å². The average Bonchev–Trinajstić information content (AvgIpc) is 3.09. The molecule has 1 aliphatic heterocycles. The first-order valence-electron chi connectivity index (χ1n) is 10.1. The van der Waals surface area contributed by atoms with Gasteiger partial charge in [0.15, 0.2) is 5.65 Å². The van der Waals surface area contributed by atoms with Crippen molar-refractivity contribution < 1.29 is 9.53 Å². The number of amides is 1. The number of aryl methyl sites for hydroxylation is 1. The van der Waals surface area contributed by atoms with Gasteiger partial charge in [-0.05, 0) is 23.3 Å². The quantitative estimate of drug-likeness (QED) is 0.568. The molecular weight excluding hydrogens is 378 g/mol. The van der Waals surface area contributed by atoms with Gasteiger partial charge in [0.25, 0.3) is 5.91 Å². The number of carbonyl (C=O) groups excluding carboxylic acids is 1. The summed E-state index contributed by atoms with van der Waals surface area (Å²) in [6.07, 6.45) is 0.675. The molecule has 2 N–H and O–H groups in total. The predicted molar refractivity (Wildman–Crippen MR) is 116 cm³/mol. The van der Waals surface area contributed by atoms with Crippen molar-refractivity contribution in [2.45, 2.75) is 13.3 Å². The van der Waals surface area contributed by atoms with Gasteiger partial charge in [0.2, 0.25) is 0 Å². The molecule has 7 heteroatoms. The standard InChI is InChI=1S/C23H23N5O2/c1-15-19(13-17-7-4-6-16-5-2-3-8-18(16)17)23-25-21(27-9-11-30-12-10-27)14-20(22(24)29)28(23)26-15/h2-8,14H,9-13H2,1H3,(H2,24,29). The maximum atomic E-state index is 12.2. The minimum atomic E-state index is -0.517. The van der Waals surface area contributed by atoms with E-state index in [2.05, 4.69) is 46.4 Å². The third kappa shape index (κ3) is 3.17. The third-order valence-electron chi connectivity index (χ3n) is 5.71. The summed E-state index contributed by atoms with van der Waals surface area (Å²) >= 11 is 0. The number of benzene rings is 2. The van der Waals surface area contributed by atoms with Crippen LogP contribution in [0.2, 0.25) is 0 Å². The first-order valence-corrected chi connectivity index (χ1v) is 10.1. The number of morpholine rings is 1. The Hall–Kier alpha value is -3.45. The Morgan fingerprint density at radius 3 is 2.70 bits per heavy atom. The Morgan fingerprint density at radius 1 is 1.13 bits per heavy atom. The van der Waals surface area contributed by atoms with Crippen LogP contribution in [0.25, 0.3) is 16.4 Å². The minimum Gasteiger partial charge on any atom is -0.378 e. The van der Waals surface area contributed by atoms with Crippen LogP contribution in [0.4, 0.5) is 5.82 Å². The number of fused-ring (bicyclic) bond motifs is 2. The maximum absolute atomic E-state index is 12.2. The highest BCUT2D eigenvalue weighted by molar-refractivity contribution is 5.93. The molecule has 0 bridgehead atoms. The van der Waals surface area contributed by atoms with E-state index in [0.717, 1.165) is 30.2 Å². The first-order chi connectivity index (χ1) is 14.6. The summed E-state index contributed by atoms with van der Waals surface area (Å²) in [4.78, 5) is 19.2. The first kappa shape index (κ1) is 18.6. The number of carbonyl (C=O) groups is 1. The van der Waals surface area contributed by atoms with Crippen molar-refractivity contribution >= 4 is 28.1 Å². The second kappa shape index (κ2) is 7.42. The van der Waals surface area contributed by atoms with Crippen LogP contribution in [0.5, 0.6) is 0 Å². The third-order valence-corrected chi connectivity index (χ3v) is 5.71. The number of primary amides is 1. The zero-order valence-electron chi connectivity index (χ0n) is 16.8. The number of hydrogen-bond acceptors (Lipinski definition) is 5. The lowest BCUT2D eigenvalue weighted by Crippen LogP contribution is -2.37. The molecule has 1 aliphatic rings. The van der Waals surface area contributed by atoms with Crippen molar-refractivity contribution in [2.24, 2.45) is 5.73 Å². The molecule has 30 heavy (non-hydrogen) atoms. The van der Waals surface area contributed by atoms with Crippen LogP contribution >= 0.6 is 0 Å². The number of hydrogen-bond donors (Lipinski definition) is 1. The van der Waals surface area contributed by atoms with Gasteiger partial charge in [0.1, 0.15) is 11.5 Å². The molecule has 7 nitrogen and oxygen atoms in total. The molecule has 0 unspecified atom stereocenters. The zero-order chi connectivity index (χ0) is 20.7. The number of aromatic nitrogens is 3. The molecule has 3 heterocycles. The maximum Gasteiger partial charge on any atom is 0.267 e. The molecule has 1 fully saturated rings. The van der Waals surface area contributed by atoms with Gasteiger partial charge >= 0.3 is 0 Å². The van der Waals surface area contributed by atoms with Crippen molar-refractivity contribution in [3.8, 4) is 0 Å². The van der Waals surface area contributed by atoms with Gasteiger partial charge in [-0.15, -0.1) is 0 Å². The summed E-state index contributed by atoms with van der Waals surface area (Å²) in [5.41, 5.74) is 9.76. The van der Waals surface area contributed by atoms with E-state index >= 15 is 0 Å². The molecule has 4 aromatic rings. The van der Waals surface area contributed by atoms with Gasteiger partial charge in [0.05, 0.1) is 18.9 Å². The summed E-state index contributed by atoms with van der Waals surface area (Å²) in [5.74, 6) is 0.217. The minimum absolute atomic E-state index is 0.341. The molecule has 152 valence electrons. The Kier molecular flexibility index (Phi) is 4.59.